The summed E-state index contributed by atoms with van der Waals surface area (Å²) in [6, 6.07) is 1.28. The number of hydrogen-bond donors (Lipinski definition) is 2. The maximum atomic E-state index is 14.0. The number of carboxylic acid groups (broad SMARTS) is 1. The molecule has 1 heterocycles. The van der Waals surface area contributed by atoms with E-state index in [1.165, 1.54) is 5.01 Å². The highest BCUT2D eigenvalue weighted by Gasteiger charge is 2.28. The smallest absolute Gasteiger partial charge is 0.341 e. The molecule has 21 heavy (non-hydrogen) atoms. The Bertz CT molecular complexity index is 659. The zero-order valence-corrected chi connectivity index (χ0v) is 11.5. The summed E-state index contributed by atoms with van der Waals surface area (Å²) in [4.78, 5) is 12.0. The van der Waals surface area contributed by atoms with Crippen molar-refractivity contribution in [3.8, 4) is 0 Å². The summed E-state index contributed by atoms with van der Waals surface area (Å²) in [6.07, 6.45) is 0. The Hall–Kier alpha value is -1.62. The lowest BCUT2D eigenvalue weighted by molar-refractivity contribution is 0.0272. The number of ether oxygens (including phenoxy) is 1. The summed E-state index contributed by atoms with van der Waals surface area (Å²) in [5.74, 6) is -4.86. The van der Waals surface area contributed by atoms with Crippen LogP contribution in [0.5, 0.6) is 0 Å². The monoisotopic (exact) mass is 322 g/mol. The van der Waals surface area contributed by atoms with E-state index in [0.29, 0.717) is 25.3 Å². The SMILES string of the molecule is O=C(O)c1c(F)ccc(S(=O)(=O)NN2CCOCC2)c1F. The summed E-state index contributed by atoms with van der Waals surface area (Å²) in [5.41, 5.74) is -1.31. The van der Waals surface area contributed by atoms with Gasteiger partial charge in [0.1, 0.15) is 16.3 Å². The average Bonchev–Trinajstić information content (AvgIpc) is 2.38. The van der Waals surface area contributed by atoms with Crippen LogP contribution in [0.15, 0.2) is 17.0 Å². The molecule has 0 amide bonds. The van der Waals surface area contributed by atoms with Crippen molar-refractivity contribution in [1.82, 2.24) is 9.84 Å². The molecule has 1 aliphatic heterocycles. The van der Waals surface area contributed by atoms with Crippen LogP contribution in [0.2, 0.25) is 0 Å². The lowest BCUT2D eigenvalue weighted by atomic mass is 10.2. The van der Waals surface area contributed by atoms with Crippen LogP contribution in [0.4, 0.5) is 8.78 Å². The predicted molar refractivity (Wildman–Crippen MR) is 66.0 cm³/mol. The van der Waals surface area contributed by atoms with Crippen LogP contribution in [-0.2, 0) is 14.8 Å². The van der Waals surface area contributed by atoms with Crippen molar-refractivity contribution in [3.05, 3.63) is 29.3 Å². The molecular formula is C11H12F2N2O5S. The van der Waals surface area contributed by atoms with E-state index in [9.17, 15) is 22.0 Å². The fourth-order valence-electron chi connectivity index (χ4n) is 1.81. The van der Waals surface area contributed by atoms with Gasteiger partial charge in [0.15, 0.2) is 5.82 Å². The maximum Gasteiger partial charge on any atom is 0.341 e. The quantitative estimate of drug-likeness (QED) is 0.821. The van der Waals surface area contributed by atoms with Crippen molar-refractivity contribution in [2.24, 2.45) is 0 Å². The number of aromatic carboxylic acids is 1. The van der Waals surface area contributed by atoms with E-state index in [1.807, 2.05) is 0 Å². The third-order valence-corrected chi connectivity index (χ3v) is 4.21. The van der Waals surface area contributed by atoms with Gasteiger partial charge in [0.25, 0.3) is 10.0 Å². The van der Waals surface area contributed by atoms with E-state index >= 15 is 0 Å². The Kier molecular flexibility index (Phi) is 4.52. The van der Waals surface area contributed by atoms with Crippen molar-refractivity contribution in [2.75, 3.05) is 26.3 Å². The van der Waals surface area contributed by atoms with Crippen LogP contribution in [0, 0.1) is 11.6 Å². The third kappa shape index (κ3) is 3.35. The molecular weight excluding hydrogens is 310 g/mol. The Labute approximate surface area is 119 Å². The Morgan fingerprint density at radius 2 is 1.90 bits per heavy atom. The minimum absolute atomic E-state index is 0.258. The maximum absolute atomic E-state index is 14.0. The molecule has 116 valence electrons. The molecule has 0 aromatic heterocycles. The summed E-state index contributed by atoms with van der Waals surface area (Å²) in [5, 5.41) is 10.0. The number of carboxylic acids is 1. The summed E-state index contributed by atoms with van der Waals surface area (Å²) in [7, 11) is -4.35. The number of carbonyl (C=O) groups is 1. The zero-order chi connectivity index (χ0) is 15.6. The van der Waals surface area contributed by atoms with Gasteiger partial charge in [0.05, 0.1) is 13.2 Å². The molecule has 1 aliphatic rings. The normalized spacial score (nSPS) is 16.9. The highest BCUT2D eigenvalue weighted by atomic mass is 32.2. The van der Waals surface area contributed by atoms with E-state index in [1.54, 1.807) is 0 Å². The number of nitrogens with zero attached hydrogens (tertiary/aromatic N) is 1. The molecule has 0 spiro atoms. The van der Waals surface area contributed by atoms with Gasteiger partial charge in [-0.1, -0.05) is 0 Å². The highest BCUT2D eigenvalue weighted by molar-refractivity contribution is 7.89. The van der Waals surface area contributed by atoms with E-state index in [-0.39, 0.29) is 13.1 Å². The summed E-state index contributed by atoms with van der Waals surface area (Å²) >= 11 is 0. The van der Waals surface area contributed by atoms with Gasteiger partial charge in [-0.15, -0.1) is 4.83 Å². The van der Waals surface area contributed by atoms with E-state index in [4.69, 9.17) is 9.84 Å². The van der Waals surface area contributed by atoms with Crippen LogP contribution in [0.25, 0.3) is 0 Å². The van der Waals surface area contributed by atoms with Gasteiger partial charge in [-0.3, -0.25) is 0 Å². The van der Waals surface area contributed by atoms with Gasteiger partial charge in [-0.2, -0.15) is 0 Å². The molecule has 1 saturated heterocycles. The van der Waals surface area contributed by atoms with Gasteiger partial charge in [0.2, 0.25) is 0 Å². The topological polar surface area (TPSA) is 95.9 Å². The number of benzene rings is 1. The van der Waals surface area contributed by atoms with Gasteiger partial charge >= 0.3 is 5.97 Å². The first-order valence-corrected chi connectivity index (χ1v) is 7.37. The number of morpholine rings is 1. The molecule has 2 rings (SSSR count). The molecule has 0 unspecified atom stereocenters. The molecule has 2 N–H and O–H groups in total. The molecule has 1 fully saturated rings. The molecule has 0 bridgehead atoms. The third-order valence-electron chi connectivity index (χ3n) is 2.82. The van der Waals surface area contributed by atoms with Crippen molar-refractivity contribution in [3.63, 3.8) is 0 Å². The molecule has 0 atom stereocenters. The van der Waals surface area contributed by atoms with Gasteiger partial charge < -0.3 is 9.84 Å². The predicted octanol–water partition coefficient (Wildman–Crippen LogP) is 0.188. The zero-order valence-electron chi connectivity index (χ0n) is 10.7. The fourth-order valence-corrected chi connectivity index (χ4v) is 3.02. The van der Waals surface area contributed by atoms with Crippen LogP contribution in [0.3, 0.4) is 0 Å². The van der Waals surface area contributed by atoms with Crippen LogP contribution in [0.1, 0.15) is 10.4 Å². The van der Waals surface area contributed by atoms with Crippen molar-refractivity contribution in [1.29, 1.82) is 0 Å². The van der Waals surface area contributed by atoms with Gasteiger partial charge in [0, 0.05) is 13.1 Å². The Morgan fingerprint density at radius 1 is 1.29 bits per heavy atom. The minimum atomic E-state index is -4.35. The molecule has 0 radical (unpaired) electrons. The second kappa shape index (κ2) is 6.02. The number of halogens is 2. The molecule has 10 heteroatoms. The van der Waals surface area contributed by atoms with Crippen LogP contribution < -0.4 is 4.83 Å². The lowest BCUT2D eigenvalue weighted by Gasteiger charge is -2.26. The first-order valence-electron chi connectivity index (χ1n) is 5.89. The number of nitrogens with one attached hydrogen (secondary N) is 1. The molecule has 1 aromatic carbocycles. The van der Waals surface area contributed by atoms with E-state index < -0.39 is 38.1 Å². The highest BCUT2D eigenvalue weighted by Crippen LogP contribution is 2.21. The second-order valence-corrected chi connectivity index (χ2v) is 5.86. The summed E-state index contributed by atoms with van der Waals surface area (Å²) in [6.45, 7) is 1.12. The van der Waals surface area contributed by atoms with Gasteiger partial charge in [-0.05, 0) is 12.1 Å². The average molecular weight is 322 g/mol. The lowest BCUT2D eigenvalue weighted by Crippen LogP contribution is -2.48. The first kappa shape index (κ1) is 15.8. The minimum Gasteiger partial charge on any atom is -0.477 e. The van der Waals surface area contributed by atoms with E-state index in [0.717, 1.165) is 0 Å². The van der Waals surface area contributed by atoms with Crippen molar-refractivity contribution in [2.45, 2.75) is 4.90 Å². The van der Waals surface area contributed by atoms with Crippen LogP contribution >= 0.6 is 0 Å². The Morgan fingerprint density at radius 3 is 2.48 bits per heavy atom. The first-order chi connectivity index (χ1) is 9.83. The molecule has 0 saturated carbocycles. The fraction of sp³-hybridized carbons (Fsp3) is 0.364. The largest absolute Gasteiger partial charge is 0.477 e. The number of hydrogen-bond acceptors (Lipinski definition) is 5. The Balaban J connectivity index is 2.36. The number of hydrazine groups is 1. The standard InChI is InChI=1S/C11H12F2N2O5S/c12-7-1-2-8(10(13)9(7)11(16)17)21(18,19)14-15-3-5-20-6-4-15/h1-2,14H,3-6H2,(H,16,17). The van der Waals surface area contributed by atoms with E-state index in [2.05, 4.69) is 4.83 Å². The number of sulfonamides is 1. The van der Waals surface area contributed by atoms with Crippen molar-refractivity contribution < 1.29 is 31.8 Å². The summed E-state index contributed by atoms with van der Waals surface area (Å²) < 4.78 is 56.4. The molecule has 0 aliphatic carbocycles. The van der Waals surface area contributed by atoms with Crippen molar-refractivity contribution >= 4 is 16.0 Å². The second-order valence-electron chi connectivity index (χ2n) is 4.23. The van der Waals surface area contributed by atoms with Crippen LogP contribution in [-0.4, -0.2) is 50.8 Å². The van der Waals surface area contributed by atoms with Gasteiger partial charge in [-0.25, -0.2) is 27.0 Å². The molecule has 7 nitrogen and oxygen atoms in total. The number of rotatable bonds is 4. The molecule has 1 aromatic rings.